The van der Waals surface area contributed by atoms with Gasteiger partial charge in [0, 0.05) is 34.9 Å². The standard InChI is InChI=1S/C18H18N4O5/c1-11(2)17(24)20-14-5-3-12(4-6-14)18(25)21-19-10-13-9-15(22(26)27)7-8-16(13)23/h3-11,23H,1-2H3,(H,20,24)(H,21,25)/b19-10-. The molecule has 0 unspecified atom stereocenters. The summed E-state index contributed by atoms with van der Waals surface area (Å²) in [4.78, 5) is 33.8. The number of nitro benzene ring substituents is 1. The summed E-state index contributed by atoms with van der Waals surface area (Å²) < 4.78 is 0. The van der Waals surface area contributed by atoms with Crippen LogP contribution in [0, 0.1) is 16.0 Å². The van der Waals surface area contributed by atoms with Gasteiger partial charge in [0.2, 0.25) is 5.91 Å². The van der Waals surface area contributed by atoms with Gasteiger partial charge in [0.25, 0.3) is 11.6 Å². The Balaban J connectivity index is 2.01. The normalized spacial score (nSPS) is 10.8. The summed E-state index contributed by atoms with van der Waals surface area (Å²) in [6.45, 7) is 3.54. The zero-order valence-electron chi connectivity index (χ0n) is 14.7. The van der Waals surface area contributed by atoms with Gasteiger partial charge in [0.1, 0.15) is 5.75 Å². The van der Waals surface area contributed by atoms with Crippen LogP contribution in [-0.4, -0.2) is 28.1 Å². The van der Waals surface area contributed by atoms with Crippen molar-refractivity contribution in [1.29, 1.82) is 0 Å². The van der Waals surface area contributed by atoms with E-state index in [0.29, 0.717) is 11.3 Å². The van der Waals surface area contributed by atoms with Crippen LogP contribution in [0.4, 0.5) is 11.4 Å². The molecule has 0 atom stereocenters. The number of non-ortho nitro benzene ring substituents is 1. The van der Waals surface area contributed by atoms with Crippen molar-refractivity contribution in [2.45, 2.75) is 13.8 Å². The number of rotatable bonds is 6. The fourth-order valence-electron chi connectivity index (χ4n) is 1.98. The lowest BCUT2D eigenvalue weighted by Crippen LogP contribution is -2.19. The topological polar surface area (TPSA) is 134 Å². The number of hydrogen-bond donors (Lipinski definition) is 3. The third kappa shape index (κ3) is 5.36. The highest BCUT2D eigenvalue weighted by Gasteiger charge is 2.10. The highest BCUT2D eigenvalue weighted by atomic mass is 16.6. The molecule has 2 rings (SSSR count). The van der Waals surface area contributed by atoms with Crippen LogP contribution < -0.4 is 10.7 Å². The number of carbonyl (C=O) groups is 2. The number of benzene rings is 2. The first-order valence-corrected chi connectivity index (χ1v) is 7.99. The minimum absolute atomic E-state index is 0.0937. The summed E-state index contributed by atoms with van der Waals surface area (Å²) in [6, 6.07) is 9.68. The molecule has 0 spiro atoms. The van der Waals surface area contributed by atoms with E-state index >= 15 is 0 Å². The summed E-state index contributed by atoms with van der Waals surface area (Å²) in [5, 5.41) is 26.8. The Labute approximate surface area is 154 Å². The van der Waals surface area contributed by atoms with E-state index in [-0.39, 0.29) is 28.8 Å². The quantitative estimate of drug-likeness (QED) is 0.408. The van der Waals surface area contributed by atoms with Gasteiger partial charge in [-0.15, -0.1) is 0 Å². The predicted octanol–water partition coefficient (Wildman–Crippen LogP) is 2.66. The van der Waals surface area contributed by atoms with Crippen LogP contribution >= 0.6 is 0 Å². The Morgan fingerprint density at radius 2 is 1.85 bits per heavy atom. The molecule has 0 aliphatic rings. The van der Waals surface area contributed by atoms with Gasteiger partial charge in [-0.25, -0.2) is 5.43 Å². The second-order valence-electron chi connectivity index (χ2n) is 5.92. The maximum atomic E-state index is 12.1. The van der Waals surface area contributed by atoms with Crippen molar-refractivity contribution >= 4 is 29.4 Å². The number of carbonyl (C=O) groups excluding carboxylic acids is 2. The molecule has 0 aromatic heterocycles. The molecule has 0 radical (unpaired) electrons. The number of amides is 2. The van der Waals surface area contributed by atoms with Crippen molar-refractivity contribution in [3.63, 3.8) is 0 Å². The first kappa shape index (κ1) is 19.6. The van der Waals surface area contributed by atoms with Crippen LogP contribution in [-0.2, 0) is 4.79 Å². The summed E-state index contributed by atoms with van der Waals surface area (Å²) in [6.07, 6.45) is 1.11. The van der Waals surface area contributed by atoms with E-state index in [9.17, 15) is 24.8 Å². The zero-order chi connectivity index (χ0) is 20.0. The van der Waals surface area contributed by atoms with E-state index in [2.05, 4.69) is 15.8 Å². The predicted molar refractivity (Wildman–Crippen MR) is 99.7 cm³/mol. The van der Waals surface area contributed by atoms with Gasteiger partial charge in [-0.2, -0.15) is 5.10 Å². The fourth-order valence-corrected chi connectivity index (χ4v) is 1.98. The molecule has 0 fully saturated rings. The fraction of sp³-hybridized carbons (Fsp3) is 0.167. The maximum absolute atomic E-state index is 12.1. The van der Waals surface area contributed by atoms with E-state index in [1.165, 1.54) is 18.2 Å². The van der Waals surface area contributed by atoms with Gasteiger partial charge in [-0.05, 0) is 30.3 Å². The Bertz CT molecular complexity index is 891. The minimum atomic E-state index is -0.602. The lowest BCUT2D eigenvalue weighted by Gasteiger charge is -2.08. The highest BCUT2D eigenvalue weighted by molar-refractivity contribution is 5.96. The number of nitrogens with zero attached hydrogens (tertiary/aromatic N) is 2. The molecule has 2 amide bonds. The van der Waals surface area contributed by atoms with Crippen LogP contribution in [0.5, 0.6) is 5.75 Å². The molecule has 0 aliphatic carbocycles. The van der Waals surface area contributed by atoms with Crippen molar-refractivity contribution < 1.29 is 19.6 Å². The number of hydrazone groups is 1. The molecule has 9 nitrogen and oxygen atoms in total. The lowest BCUT2D eigenvalue weighted by atomic mass is 10.1. The average molecular weight is 370 g/mol. The highest BCUT2D eigenvalue weighted by Crippen LogP contribution is 2.21. The number of phenols is 1. The second kappa shape index (κ2) is 8.56. The Morgan fingerprint density at radius 1 is 1.19 bits per heavy atom. The van der Waals surface area contributed by atoms with Crippen molar-refractivity contribution in [2.24, 2.45) is 11.0 Å². The molecule has 0 heterocycles. The van der Waals surface area contributed by atoms with Crippen LogP contribution in [0.15, 0.2) is 47.6 Å². The van der Waals surface area contributed by atoms with Crippen molar-refractivity contribution in [2.75, 3.05) is 5.32 Å². The first-order chi connectivity index (χ1) is 12.8. The Kier molecular flexibility index (Phi) is 6.21. The molecule has 9 heteroatoms. The molecule has 140 valence electrons. The summed E-state index contributed by atoms with van der Waals surface area (Å²) in [5.41, 5.74) is 3.02. The number of nitro groups is 1. The minimum Gasteiger partial charge on any atom is -0.507 e. The van der Waals surface area contributed by atoms with E-state index in [1.807, 2.05) is 0 Å². The molecule has 2 aromatic rings. The van der Waals surface area contributed by atoms with E-state index in [0.717, 1.165) is 18.3 Å². The molecule has 3 N–H and O–H groups in total. The van der Waals surface area contributed by atoms with Crippen LogP contribution in [0.1, 0.15) is 29.8 Å². The maximum Gasteiger partial charge on any atom is 0.271 e. The smallest absolute Gasteiger partial charge is 0.271 e. The van der Waals surface area contributed by atoms with Gasteiger partial charge < -0.3 is 10.4 Å². The van der Waals surface area contributed by atoms with E-state index in [1.54, 1.807) is 26.0 Å². The van der Waals surface area contributed by atoms with Gasteiger partial charge in [-0.1, -0.05) is 13.8 Å². The van der Waals surface area contributed by atoms with Crippen LogP contribution in [0.3, 0.4) is 0 Å². The molecular weight excluding hydrogens is 352 g/mol. The molecule has 0 aliphatic heterocycles. The van der Waals surface area contributed by atoms with Gasteiger partial charge in [-0.3, -0.25) is 19.7 Å². The molecule has 27 heavy (non-hydrogen) atoms. The van der Waals surface area contributed by atoms with E-state index < -0.39 is 10.8 Å². The molecule has 0 saturated heterocycles. The largest absolute Gasteiger partial charge is 0.507 e. The SMILES string of the molecule is CC(C)C(=O)Nc1ccc(C(=O)N/N=C\c2cc([N+](=O)[O-])ccc2O)cc1. The molecular formula is C18H18N4O5. The number of nitrogens with one attached hydrogen (secondary N) is 2. The monoisotopic (exact) mass is 370 g/mol. The number of phenolic OH excluding ortho intramolecular Hbond substituents is 1. The van der Waals surface area contributed by atoms with E-state index in [4.69, 9.17) is 0 Å². The van der Waals surface area contributed by atoms with Gasteiger partial charge in [0.15, 0.2) is 0 Å². The summed E-state index contributed by atoms with van der Waals surface area (Å²) in [5.74, 6) is -1.01. The van der Waals surface area contributed by atoms with Crippen LogP contribution in [0.2, 0.25) is 0 Å². The summed E-state index contributed by atoms with van der Waals surface area (Å²) in [7, 11) is 0. The first-order valence-electron chi connectivity index (χ1n) is 7.99. The third-order valence-electron chi connectivity index (χ3n) is 3.53. The van der Waals surface area contributed by atoms with Crippen molar-refractivity contribution in [3.05, 3.63) is 63.7 Å². The number of hydrogen-bond acceptors (Lipinski definition) is 6. The van der Waals surface area contributed by atoms with Gasteiger partial charge in [0.05, 0.1) is 11.1 Å². The second-order valence-corrected chi connectivity index (χ2v) is 5.92. The van der Waals surface area contributed by atoms with Crippen LogP contribution in [0.25, 0.3) is 0 Å². The Hall–Kier alpha value is -3.75. The Morgan fingerprint density at radius 3 is 2.44 bits per heavy atom. The lowest BCUT2D eigenvalue weighted by molar-refractivity contribution is -0.384. The van der Waals surface area contributed by atoms with Crippen molar-refractivity contribution in [1.82, 2.24) is 5.43 Å². The average Bonchev–Trinajstić information content (AvgIpc) is 2.63. The molecule has 2 aromatic carbocycles. The molecule has 0 bridgehead atoms. The summed E-state index contributed by atoms with van der Waals surface area (Å²) >= 11 is 0. The van der Waals surface area contributed by atoms with Crippen molar-refractivity contribution in [3.8, 4) is 5.75 Å². The number of anilines is 1. The molecule has 0 saturated carbocycles. The van der Waals surface area contributed by atoms with Gasteiger partial charge >= 0.3 is 0 Å². The third-order valence-corrected chi connectivity index (χ3v) is 3.53. The zero-order valence-corrected chi connectivity index (χ0v) is 14.7. The number of aromatic hydroxyl groups is 1.